The van der Waals surface area contributed by atoms with Gasteiger partial charge in [0, 0.05) is 6.54 Å². The van der Waals surface area contributed by atoms with Crippen molar-refractivity contribution in [3.63, 3.8) is 0 Å². The number of nitrogens with one attached hydrogen (secondary N) is 1. The molecular weight excluding hydrogens is 194 g/mol. The Labute approximate surface area is 87.9 Å². The van der Waals surface area contributed by atoms with E-state index in [-0.39, 0.29) is 5.91 Å². The van der Waals surface area contributed by atoms with E-state index in [1.165, 1.54) is 0 Å². The van der Waals surface area contributed by atoms with Crippen molar-refractivity contribution in [1.82, 2.24) is 5.32 Å². The summed E-state index contributed by atoms with van der Waals surface area (Å²) in [4.78, 5) is 11.4. The molecule has 1 aromatic rings. The van der Waals surface area contributed by atoms with Gasteiger partial charge in [0.2, 0.25) is 0 Å². The summed E-state index contributed by atoms with van der Waals surface area (Å²) >= 11 is 0. The highest BCUT2D eigenvalue weighted by atomic mass is 16.5. The Morgan fingerprint density at radius 2 is 2.07 bits per heavy atom. The molecule has 1 amide bonds. The quantitative estimate of drug-likeness (QED) is 0.693. The molecule has 1 fully saturated rings. The fourth-order valence-electron chi connectivity index (χ4n) is 1.61. The van der Waals surface area contributed by atoms with Crippen LogP contribution in [0.5, 0.6) is 0 Å². The van der Waals surface area contributed by atoms with Crippen molar-refractivity contribution < 1.29 is 14.6 Å². The standard InChI is InChI=1S/C11H13NO3/c13-9-10(8-4-2-1-3-5-8)15-7-6-12-11(9)14/h1-5,9-10,13H,6-7H2,(H,12,14)/t9-,10-/m1/s1. The number of amides is 1. The zero-order valence-corrected chi connectivity index (χ0v) is 8.22. The smallest absolute Gasteiger partial charge is 0.252 e. The number of hydrogen-bond donors (Lipinski definition) is 2. The fraction of sp³-hybridized carbons (Fsp3) is 0.364. The molecule has 1 heterocycles. The monoisotopic (exact) mass is 207 g/mol. The molecule has 1 aromatic carbocycles. The highest BCUT2D eigenvalue weighted by molar-refractivity contribution is 5.81. The van der Waals surface area contributed by atoms with Crippen LogP contribution in [-0.2, 0) is 9.53 Å². The van der Waals surface area contributed by atoms with Crippen molar-refractivity contribution in [2.75, 3.05) is 13.2 Å². The summed E-state index contributed by atoms with van der Waals surface area (Å²) in [5.74, 6) is -0.374. The first-order valence-corrected chi connectivity index (χ1v) is 4.91. The van der Waals surface area contributed by atoms with Gasteiger partial charge >= 0.3 is 0 Å². The van der Waals surface area contributed by atoms with Crippen LogP contribution < -0.4 is 5.32 Å². The lowest BCUT2D eigenvalue weighted by Gasteiger charge is -2.18. The molecule has 15 heavy (non-hydrogen) atoms. The highest BCUT2D eigenvalue weighted by Crippen LogP contribution is 2.22. The van der Waals surface area contributed by atoms with Gasteiger partial charge in [-0.2, -0.15) is 0 Å². The molecular formula is C11H13NO3. The highest BCUT2D eigenvalue weighted by Gasteiger charge is 2.30. The number of benzene rings is 1. The van der Waals surface area contributed by atoms with E-state index in [1.807, 2.05) is 30.3 Å². The topological polar surface area (TPSA) is 58.6 Å². The summed E-state index contributed by atoms with van der Waals surface area (Å²) < 4.78 is 5.44. The average molecular weight is 207 g/mol. The molecule has 0 aromatic heterocycles. The number of rotatable bonds is 1. The predicted molar refractivity (Wildman–Crippen MR) is 54.2 cm³/mol. The van der Waals surface area contributed by atoms with Gasteiger partial charge in [-0.25, -0.2) is 0 Å². The molecule has 0 radical (unpaired) electrons. The van der Waals surface area contributed by atoms with Crippen LogP contribution in [0.1, 0.15) is 11.7 Å². The van der Waals surface area contributed by atoms with Gasteiger partial charge in [0.15, 0.2) is 6.10 Å². The van der Waals surface area contributed by atoms with Crippen molar-refractivity contribution in [2.45, 2.75) is 12.2 Å². The second-order valence-corrected chi connectivity index (χ2v) is 3.44. The summed E-state index contributed by atoms with van der Waals surface area (Å²) in [5.41, 5.74) is 0.821. The number of aliphatic hydroxyl groups excluding tert-OH is 1. The van der Waals surface area contributed by atoms with Crippen molar-refractivity contribution in [2.24, 2.45) is 0 Å². The molecule has 80 valence electrons. The van der Waals surface area contributed by atoms with Crippen molar-refractivity contribution >= 4 is 5.91 Å². The summed E-state index contributed by atoms with van der Waals surface area (Å²) in [6, 6.07) is 9.27. The first-order valence-electron chi connectivity index (χ1n) is 4.91. The lowest BCUT2D eigenvalue weighted by molar-refractivity contribution is -0.134. The van der Waals surface area contributed by atoms with E-state index in [0.717, 1.165) is 5.56 Å². The number of hydrogen-bond acceptors (Lipinski definition) is 3. The molecule has 2 rings (SSSR count). The van der Waals surface area contributed by atoms with Crippen LogP contribution >= 0.6 is 0 Å². The van der Waals surface area contributed by atoms with E-state index in [2.05, 4.69) is 5.32 Å². The number of ether oxygens (including phenoxy) is 1. The molecule has 0 spiro atoms. The lowest BCUT2D eigenvalue weighted by atomic mass is 10.0. The Kier molecular flexibility index (Phi) is 2.99. The van der Waals surface area contributed by atoms with E-state index in [0.29, 0.717) is 13.2 Å². The third kappa shape index (κ3) is 2.16. The van der Waals surface area contributed by atoms with Gasteiger partial charge in [0.05, 0.1) is 6.61 Å². The van der Waals surface area contributed by atoms with Gasteiger partial charge in [-0.15, -0.1) is 0 Å². The van der Waals surface area contributed by atoms with Crippen LogP contribution in [0.4, 0.5) is 0 Å². The molecule has 4 heteroatoms. The van der Waals surface area contributed by atoms with E-state index >= 15 is 0 Å². The molecule has 1 aliphatic heterocycles. The maximum Gasteiger partial charge on any atom is 0.252 e. The molecule has 0 aliphatic carbocycles. The fourth-order valence-corrected chi connectivity index (χ4v) is 1.61. The van der Waals surface area contributed by atoms with Crippen molar-refractivity contribution in [3.8, 4) is 0 Å². The molecule has 0 saturated carbocycles. The van der Waals surface area contributed by atoms with Gasteiger partial charge in [-0.1, -0.05) is 30.3 Å². The summed E-state index contributed by atoms with van der Waals surface area (Å²) in [6.45, 7) is 0.863. The summed E-state index contributed by atoms with van der Waals surface area (Å²) in [6.07, 6.45) is -1.69. The normalized spacial score (nSPS) is 26.9. The van der Waals surface area contributed by atoms with E-state index in [9.17, 15) is 9.90 Å². The van der Waals surface area contributed by atoms with Gasteiger partial charge < -0.3 is 15.2 Å². The van der Waals surface area contributed by atoms with Gasteiger partial charge in [-0.3, -0.25) is 4.79 Å². The zero-order chi connectivity index (χ0) is 10.7. The van der Waals surface area contributed by atoms with Gasteiger partial charge in [-0.05, 0) is 5.56 Å². The van der Waals surface area contributed by atoms with E-state index < -0.39 is 12.2 Å². The molecule has 4 nitrogen and oxygen atoms in total. The number of aliphatic hydroxyl groups is 1. The van der Waals surface area contributed by atoms with Crippen LogP contribution in [0.2, 0.25) is 0 Å². The third-order valence-corrected chi connectivity index (χ3v) is 2.38. The minimum absolute atomic E-state index is 0.374. The Hall–Kier alpha value is -1.39. The van der Waals surface area contributed by atoms with E-state index in [4.69, 9.17) is 4.74 Å². The summed E-state index contributed by atoms with van der Waals surface area (Å²) in [7, 11) is 0. The predicted octanol–water partition coefficient (Wildman–Crippen LogP) is 0.235. The molecule has 2 N–H and O–H groups in total. The zero-order valence-electron chi connectivity index (χ0n) is 8.22. The van der Waals surface area contributed by atoms with E-state index in [1.54, 1.807) is 0 Å². The first kappa shape index (κ1) is 10.1. The van der Waals surface area contributed by atoms with Crippen LogP contribution in [0.25, 0.3) is 0 Å². The lowest BCUT2D eigenvalue weighted by Crippen LogP contribution is -2.36. The second kappa shape index (κ2) is 4.42. The summed E-state index contributed by atoms with van der Waals surface area (Å²) in [5, 5.41) is 12.3. The minimum Gasteiger partial charge on any atom is -0.380 e. The van der Waals surface area contributed by atoms with Crippen LogP contribution in [-0.4, -0.2) is 30.3 Å². The number of carbonyl (C=O) groups excluding carboxylic acids is 1. The second-order valence-electron chi connectivity index (χ2n) is 3.44. The van der Waals surface area contributed by atoms with Crippen molar-refractivity contribution in [1.29, 1.82) is 0 Å². The molecule has 0 unspecified atom stereocenters. The SMILES string of the molecule is O=C1NCCO[C@H](c2ccccc2)[C@H]1O. The largest absolute Gasteiger partial charge is 0.380 e. The Morgan fingerprint density at radius 3 is 2.80 bits per heavy atom. The minimum atomic E-state index is -1.13. The Bertz CT molecular complexity index is 339. The molecule has 1 saturated heterocycles. The molecule has 2 atom stereocenters. The average Bonchev–Trinajstić information content (AvgIpc) is 2.44. The maximum atomic E-state index is 11.4. The van der Waals surface area contributed by atoms with Crippen LogP contribution in [0.3, 0.4) is 0 Å². The number of carbonyl (C=O) groups is 1. The van der Waals surface area contributed by atoms with Crippen molar-refractivity contribution in [3.05, 3.63) is 35.9 Å². The molecule has 0 bridgehead atoms. The first-order chi connectivity index (χ1) is 7.29. The Balaban J connectivity index is 2.23. The van der Waals surface area contributed by atoms with Gasteiger partial charge in [0.1, 0.15) is 6.10 Å². The van der Waals surface area contributed by atoms with Crippen LogP contribution in [0, 0.1) is 0 Å². The molecule has 1 aliphatic rings. The van der Waals surface area contributed by atoms with Crippen LogP contribution in [0.15, 0.2) is 30.3 Å². The third-order valence-electron chi connectivity index (χ3n) is 2.38. The Morgan fingerprint density at radius 1 is 1.33 bits per heavy atom. The maximum absolute atomic E-state index is 11.4. The van der Waals surface area contributed by atoms with Gasteiger partial charge in [0.25, 0.3) is 5.91 Å².